The zero-order valence-electron chi connectivity index (χ0n) is 11.0. The van der Waals surface area contributed by atoms with Crippen LogP contribution in [-0.2, 0) is 0 Å². The highest BCUT2D eigenvalue weighted by Gasteiger charge is 2.15. The van der Waals surface area contributed by atoms with Gasteiger partial charge >= 0.3 is 0 Å². The predicted octanol–water partition coefficient (Wildman–Crippen LogP) is 1.50. The molecule has 0 bridgehead atoms. The molecular weight excluding hydrogens is 228 g/mol. The van der Waals surface area contributed by atoms with Gasteiger partial charge in [-0.15, -0.1) is 0 Å². The maximum atomic E-state index is 5.87. The van der Waals surface area contributed by atoms with Crippen molar-refractivity contribution in [1.29, 1.82) is 0 Å². The van der Waals surface area contributed by atoms with E-state index in [9.17, 15) is 0 Å². The molecule has 1 heterocycles. The molecule has 1 aromatic rings. The van der Waals surface area contributed by atoms with Crippen LogP contribution in [0.5, 0.6) is 11.5 Å². The van der Waals surface area contributed by atoms with Crippen LogP contribution in [-0.4, -0.2) is 44.3 Å². The second-order valence-electron chi connectivity index (χ2n) is 4.70. The maximum absolute atomic E-state index is 5.87. The van der Waals surface area contributed by atoms with Gasteiger partial charge in [0.25, 0.3) is 0 Å². The number of benzene rings is 1. The Labute approximate surface area is 109 Å². The minimum absolute atomic E-state index is 0.392. The third kappa shape index (κ3) is 3.89. The third-order valence-corrected chi connectivity index (χ3v) is 3.37. The van der Waals surface area contributed by atoms with Crippen molar-refractivity contribution in [2.75, 3.05) is 33.4 Å². The molecule has 1 aliphatic rings. The number of hydrogen-bond donors (Lipinski definition) is 1. The van der Waals surface area contributed by atoms with Crippen LogP contribution in [0.3, 0.4) is 0 Å². The van der Waals surface area contributed by atoms with E-state index in [0.29, 0.717) is 6.04 Å². The number of rotatable bonds is 5. The minimum atomic E-state index is 0.392. The number of likely N-dealkylation sites (tertiary alicyclic amines) is 1. The van der Waals surface area contributed by atoms with Crippen LogP contribution in [0, 0.1) is 0 Å². The van der Waals surface area contributed by atoms with Gasteiger partial charge < -0.3 is 15.2 Å². The van der Waals surface area contributed by atoms with Crippen molar-refractivity contribution in [3.63, 3.8) is 0 Å². The normalized spacial score (nSPS) is 17.7. The molecule has 0 spiro atoms. The minimum Gasteiger partial charge on any atom is -0.497 e. The van der Waals surface area contributed by atoms with Gasteiger partial charge in [0, 0.05) is 12.6 Å². The summed E-state index contributed by atoms with van der Waals surface area (Å²) in [7, 11) is 1.66. The lowest BCUT2D eigenvalue weighted by molar-refractivity contribution is 0.174. The van der Waals surface area contributed by atoms with Gasteiger partial charge in [-0.05, 0) is 50.2 Å². The Hall–Kier alpha value is -1.26. The molecule has 100 valence electrons. The molecule has 18 heavy (non-hydrogen) atoms. The molecule has 1 saturated heterocycles. The first-order valence-electron chi connectivity index (χ1n) is 6.53. The Morgan fingerprint density at radius 2 is 1.78 bits per heavy atom. The topological polar surface area (TPSA) is 47.7 Å². The average molecular weight is 250 g/mol. The number of hydrogen-bond acceptors (Lipinski definition) is 4. The molecule has 0 unspecified atom stereocenters. The van der Waals surface area contributed by atoms with Crippen molar-refractivity contribution in [3.8, 4) is 11.5 Å². The molecule has 1 fully saturated rings. The van der Waals surface area contributed by atoms with E-state index in [0.717, 1.165) is 50.6 Å². The maximum Gasteiger partial charge on any atom is 0.119 e. The van der Waals surface area contributed by atoms with Crippen LogP contribution in [0.1, 0.15) is 12.8 Å². The van der Waals surface area contributed by atoms with Crippen molar-refractivity contribution in [2.24, 2.45) is 5.73 Å². The van der Waals surface area contributed by atoms with E-state index >= 15 is 0 Å². The molecule has 4 nitrogen and oxygen atoms in total. The van der Waals surface area contributed by atoms with Gasteiger partial charge in [0.05, 0.1) is 7.11 Å². The monoisotopic (exact) mass is 250 g/mol. The first-order chi connectivity index (χ1) is 8.78. The van der Waals surface area contributed by atoms with E-state index < -0.39 is 0 Å². The summed E-state index contributed by atoms with van der Waals surface area (Å²) < 4.78 is 10.8. The number of nitrogens with two attached hydrogens (primary N) is 1. The Kier molecular flexibility index (Phi) is 4.84. The van der Waals surface area contributed by atoms with Crippen molar-refractivity contribution in [3.05, 3.63) is 24.3 Å². The van der Waals surface area contributed by atoms with E-state index in [-0.39, 0.29) is 0 Å². The van der Waals surface area contributed by atoms with Crippen LogP contribution in [0.25, 0.3) is 0 Å². The van der Waals surface area contributed by atoms with Crippen LogP contribution in [0.2, 0.25) is 0 Å². The summed E-state index contributed by atoms with van der Waals surface area (Å²) in [4.78, 5) is 2.41. The average Bonchev–Trinajstić information content (AvgIpc) is 2.42. The summed E-state index contributed by atoms with van der Waals surface area (Å²) >= 11 is 0. The lowest BCUT2D eigenvalue weighted by Gasteiger charge is -2.29. The zero-order valence-corrected chi connectivity index (χ0v) is 11.0. The molecule has 0 amide bonds. The van der Waals surface area contributed by atoms with E-state index in [1.54, 1.807) is 7.11 Å². The van der Waals surface area contributed by atoms with Gasteiger partial charge in [-0.25, -0.2) is 0 Å². The SMILES string of the molecule is COc1ccc(OCCN2CCC(N)CC2)cc1. The summed E-state index contributed by atoms with van der Waals surface area (Å²) in [6.45, 7) is 3.88. The standard InChI is InChI=1S/C14H22N2O2/c1-17-13-2-4-14(5-3-13)18-11-10-16-8-6-12(15)7-9-16/h2-5,12H,6-11,15H2,1H3. The largest absolute Gasteiger partial charge is 0.497 e. The van der Waals surface area contributed by atoms with E-state index in [4.69, 9.17) is 15.2 Å². The third-order valence-electron chi connectivity index (χ3n) is 3.37. The number of ether oxygens (including phenoxy) is 2. The quantitative estimate of drug-likeness (QED) is 0.860. The highest BCUT2D eigenvalue weighted by molar-refractivity contribution is 5.31. The Morgan fingerprint density at radius 3 is 2.39 bits per heavy atom. The summed E-state index contributed by atoms with van der Waals surface area (Å²) in [5, 5.41) is 0. The van der Waals surface area contributed by atoms with Gasteiger partial charge in [0.2, 0.25) is 0 Å². The highest BCUT2D eigenvalue weighted by atomic mass is 16.5. The molecule has 4 heteroatoms. The molecule has 2 rings (SSSR count). The number of methoxy groups -OCH3 is 1. The molecule has 1 aliphatic heterocycles. The fourth-order valence-electron chi connectivity index (χ4n) is 2.14. The van der Waals surface area contributed by atoms with Gasteiger partial charge in [-0.1, -0.05) is 0 Å². The summed E-state index contributed by atoms with van der Waals surface area (Å²) in [5.41, 5.74) is 5.87. The molecule has 2 N–H and O–H groups in total. The lowest BCUT2D eigenvalue weighted by atomic mass is 10.1. The van der Waals surface area contributed by atoms with Crippen LogP contribution >= 0.6 is 0 Å². The Bertz CT molecular complexity index is 345. The first kappa shape index (κ1) is 13.2. The Morgan fingerprint density at radius 1 is 1.17 bits per heavy atom. The molecule has 0 saturated carbocycles. The number of piperidine rings is 1. The predicted molar refractivity (Wildman–Crippen MR) is 72.1 cm³/mol. The number of nitrogens with zero attached hydrogens (tertiary/aromatic N) is 1. The summed E-state index contributed by atoms with van der Waals surface area (Å²) in [5.74, 6) is 1.75. The van der Waals surface area contributed by atoms with Crippen molar-refractivity contribution >= 4 is 0 Å². The fraction of sp³-hybridized carbons (Fsp3) is 0.571. The van der Waals surface area contributed by atoms with Crippen LogP contribution < -0.4 is 15.2 Å². The molecule has 0 aromatic heterocycles. The second kappa shape index (κ2) is 6.61. The Balaban J connectivity index is 1.68. The summed E-state index contributed by atoms with van der Waals surface area (Å²) in [6.07, 6.45) is 2.20. The summed E-state index contributed by atoms with van der Waals surface area (Å²) in [6, 6.07) is 8.09. The van der Waals surface area contributed by atoms with Gasteiger partial charge in [-0.2, -0.15) is 0 Å². The van der Waals surface area contributed by atoms with Crippen molar-refractivity contribution in [2.45, 2.75) is 18.9 Å². The smallest absolute Gasteiger partial charge is 0.119 e. The van der Waals surface area contributed by atoms with E-state index in [1.807, 2.05) is 24.3 Å². The lowest BCUT2D eigenvalue weighted by Crippen LogP contribution is -2.41. The highest BCUT2D eigenvalue weighted by Crippen LogP contribution is 2.17. The van der Waals surface area contributed by atoms with Crippen LogP contribution in [0.15, 0.2) is 24.3 Å². The van der Waals surface area contributed by atoms with E-state index in [2.05, 4.69) is 4.90 Å². The van der Waals surface area contributed by atoms with Crippen molar-refractivity contribution < 1.29 is 9.47 Å². The molecule has 0 radical (unpaired) electrons. The first-order valence-corrected chi connectivity index (χ1v) is 6.53. The molecule has 1 aromatic carbocycles. The van der Waals surface area contributed by atoms with E-state index in [1.165, 1.54) is 0 Å². The van der Waals surface area contributed by atoms with Gasteiger partial charge in [0.1, 0.15) is 18.1 Å². The second-order valence-corrected chi connectivity index (χ2v) is 4.70. The molecular formula is C14H22N2O2. The zero-order chi connectivity index (χ0) is 12.8. The molecule has 0 atom stereocenters. The molecule has 0 aliphatic carbocycles. The van der Waals surface area contributed by atoms with Crippen molar-refractivity contribution in [1.82, 2.24) is 4.90 Å². The van der Waals surface area contributed by atoms with Crippen LogP contribution in [0.4, 0.5) is 0 Å². The van der Waals surface area contributed by atoms with Gasteiger partial charge in [0.15, 0.2) is 0 Å². The van der Waals surface area contributed by atoms with Gasteiger partial charge in [-0.3, -0.25) is 4.90 Å². The fourth-order valence-corrected chi connectivity index (χ4v) is 2.14.